The Balaban J connectivity index is 1.98. The SMILES string of the molecule is CCCNC1(C#N)CCCC(Sc2nnc(N(C)C)s2)C1. The molecule has 0 spiro atoms. The summed E-state index contributed by atoms with van der Waals surface area (Å²) in [6.07, 6.45) is 5.16. The van der Waals surface area contributed by atoms with Gasteiger partial charge in [0.1, 0.15) is 5.54 Å². The van der Waals surface area contributed by atoms with E-state index in [1.807, 2.05) is 19.0 Å². The minimum Gasteiger partial charge on any atom is -0.353 e. The van der Waals surface area contributed by atoms with Gasteiger partial charge in [0.05, 0.1) is 6.07 Å². The lowest BCUT2D eigenvalue weighted by Crippen LogP contribution is -2.48. The minimum absolute atomic E-state index is 0.346. The van der Waals surface area contributed by atoms with Crippen molar-refractivity contribution in [3.8, 4) is 6.07 Å². The Labute approximate surface area is 135 Å². The number of nitrogens with zero attached hydrogens (tertiary/aromatic N) is 4. The van der Waals surface area contributed by atoms with Crippen LogP contribution in [0.1, 0.15) is 39.0 Å². The van der Waals surface area contributed by atoms with Gasteiger partial charge < -0.3 is 4.90 Å². The average Bonchev–Trinajstić information content (AvgIpc) is 2.94. The molecule has 2 unspecified atom stereocenters. The highest BCUT2D eigenvalue weighted by atomic mass is 32.2. The van der Waals surface area contributed by atoms with Crippen LogP contribution in [0.5, 0.6) is 0 Å². The molecule has 0 aromatic carbocycles. The van der Waals surface area contributed by atoms with Crippen molar-refractivity contribution in [2.75, 3.05) is 25.5 Å². The second-order valence-electron chi connectivity index (χ2n) is 5.70. The van der Waals surface area contributed by atoms with Crippen LogP contribution >= 0.6 is 23.1 Å². The molecule has 1 aromatic rings. The molecule has 0 radical (unpaired) electrons. The molecule has 5 nitrogen and oxygen atoms in total. The Morgan fingerprint density at radius 2 is 2.33 bits per heavy atom. The van der Waals surface area contributed by atoms with E-state index in [-0.39, 0.29) is 5.54 Å². The number of hydrogen-bond acceptors (Lipinski definition) is 7. The smallest absolute Gasteiger partial charge is 0.208 e. The summed E-state index contributed by atoms with van der Waals surface area (Å²) in [5, 5.41) is 22.9. The zero-order valence-electron chi connectivity index (χ0n) is 12.9. The van der Waals surface area contributed by atoms with Crippen molar-refractivity contribution in [3.05, 3.63) is 0 Å². The third-order valence-electron chi connectivity index (χ3n) is 3.68. The number of rotatable bonds is 6. The van der Waals surface area contributed by atoms with Crippen LogP contribution in [0, 0.1) is 11.3 Å². The highest BCUT2D eigenvalue weighted by Gasteiger charge is 2.36. The zero-order valence-corrected chi connectivity index (χ0v) is 14.6. The monoisotopic (exact) mass is 325 g/mol. The molecule has 1 aliphatic rings. The molecule has 2 atom stereocenters. The van der Waals surface area contributed by atoms with Gasteiger partial charge in [-0.1, -0.05) is 30.0 Å². The topological polar surface area (TPSA) is 64.8 Å². The molecule has 1 aliphatic carbocycles. The predicted octanol–water partition coefficient (Wildman–Crippen LogP) is 2.90. The summed E-state index contributed by atoms with van der Waals surface area (Å²) < 4.78 is 1.01. The van der Waals surface area contributed by atoms with Crippen LogP contribution < -0.4 is 10.2 Å². The van der Waals surface area contributed by atoms with Gasteiger partial charge in [-0.05, 0) is 38.6 Å². The van der Waals surface area contributed by atoms with Gasteiger partial charge >= 0.3 is 0 Å². The van der Waals surface area contributed by atoms with Gasteiger partial charge in [-0.15, -0.1) is 10.2 Å². The first kappa shape index (κ1) is 16.5. The van der Waals surface area contributed by atoms with Gasteiger partial charge in [-0.2, -0.15) is 5.26 Å². The fourth-order valence-corrected chi connectivity index (χ4v) is 4.92. The second kappa shape index (κ2) is 7.43. The van der Waals surface area contributed by atoms with Crippen LogP contribution in [0.2, 0.25) is 0 Å². The third kappa shape index (κ3) is 4.31. The largest absolute Gasteiger partial charge is 0.353 e. The Morgan fingerprint density at radius 3 is 2.95 bits per heavy atom. The Bertz CT molecular complexity index is 496. The van der Waals surface area contributed by atoms with Crippen molar-refractivity contribution in [3.63, 3.8) is 0 Å². The van der Waals surface area contributed by atoms with Crippen molar-refractivity contribution in [1.82, 2.24) is 15.5 Å². The fourth-order valence-electron chi connectivity index (χ4n) is 2.56. The molecule has 1 fully saturated rings. The highest BCUT2D eigenvalue weighted by molar-refractivity contribution is 8.01. The standard InChI is InChI=1S/C14H23N5S2/c1-4-8-16-14(10-15)7-5-6-11(9-14)20-13-18-17-12(21-13)19(2)3/h11,16H,4-9H2,1-3H3. The van der Waals surface area contributed by atoms with E-state index < -0.39 is 0 Å². The molecule has 0 aliphatic heterocycles. The van der Waals surface area contributed by atoms with Crippen LogP contribution in [0.25, 0.3) is 0 Å². The van der Waals surface area contributed by atoms with Crippen molar-refractivity contribution in [2.45, 2.75) is 54.2 Å². The number of thioether (sulfide) groups is 1. The van der Waals surface area contributed by atoms with Crippen molar-refractivity contribution < 1.29 is 0 Å². The van der Waals surface area contributed by atoms with Gasteiger partial charge in [0, 0.05) is 19.3 Å². The first-order chi connectivity index (χ1) is 10.1. The molecule has 7 heteroatoms. The number of nitriles is 1. The molecule has 21 heavy (non-hydrogen) atoms. The molecule has 116 valence electrons. The van der Waals surface area contributed by atoms with E-state index in [0.717, 1.165) is 48.1 Å². The Hall–Kier alpha value is -0.840. The molecule has 1 saturated carbocycles. The van der Waals surface area contributed by atoms with E-state index in [4.69, 9.17) is 0 Å². The average molecular weight is 326 g/mol. The number of anilines is 1. The maximum absolute atomic E-state index is 9.58. The quantitative estimate of drug-likeness (QED) is 0.867. The molecule has 1 N–H and O–H groups in total. The van der Waals surface area contributed by atoms with Crippen LogP contribution in [-0.2, 0) is 0 Å². The molecular formula is C14H23N5S2. The van der Waals surface area contributed by atoms with E-state index in [1.54, 1.807) is 23.1 Å². The van der Waals surface area contributed by atoms with Crippen LogP contribution in [0.4, 0.5) is 5.13 Å². The fraction of sp³-hybridized carbons (Fsp3) is 0.786. The summed E-state index contributed by atoms with van der Waals surface area (Å²) in [7, 11) is 3.95. The Morgan fingerprint density at radius 1 is 1.52 bits per heavy atom. The third-order valence-corrected chi connectivity index (χ3v) is 6.12. The maximum atomic E-state index is 9.58. The van der Waals surface area contributed by atoms with Gasteiger partial charge in [-0.3, -0.25) is 5.32 Å². The normalized spacial score (nSPS) is 25.5. The van der Waals surface area contributed by atoms with Crippen LogP contribution in [0.3, 0.4) is 0 Å². The van der Waals surface area contributed by atoms with Crippen molar-refractivity contribution in [2.24, 2.45) is 0 Å². The van der Waals surface area contributed by atoms with E-state index in [2.05, 4.69) is 28.5 Å². The minimum atomic E-state index is -0.346. The summed E-state index contributed by atoms with van der Waals surface area (Å²) in [6.45, 7) is 3.05. The molecular weight excluding hydrogens is 302 g/mol. The molecule has 2 rings (SSSR count). The molecule has 0 amide bonds. The lowest BCUT2D eigenvalue weighted by molar-refractivity contribution is 0.305. The molecule has 0 bridgehead atoms. The summed E-state index contributed by atoms with van der Waals surface area (Å²) in [6, 6.07) is 2.53. The first-order valence-electron chi connectivity index (χ1n) is 7.42. The summed E-state index contributed by atoms with van der Waals surface area (Å²) in [5.74, 6) is 0. The van der Waals surface area contributed by atoms with E-state index in [0.29, 0.717) is 5.25 Å². The van der Waals surface area contributed by atoms with Crippen LogP contribution in [-0.4, -0.2) is 41.6 Å². The number of hydrogen-bond donors (Lipinski definition) is 1. The first-order valence-corrected chi connectivity index (χ1v) is 9.12. The number of nitrogens with one attached hydrogen (secondary N) is 1. The maximum Gasteiger partial charge on any atom is 0.208 e. The van der Waals surface area contributed by atoms with Crippen LogP contribution in [0.15, 0.2) is 4.34 Å². The Kier molecular flexibility index (Phi) is 5.85. The van der Waals surface area contributed by atoms with Gasteiger partial charge in [0.25, 0.3) is 0 Å². The summed E-state index contributed by atoms with van der Waals surface area (Å²) >= 11 is 3.40. The van der Waals surface area contributed by atoms with Gasteiger partial charge in [-0.25, -0.2) is 0 Å². The van der Waals surface area contributed by atoms with Crippen molar-refractivity contribution in [1.29, 1.82) is 5.26 Å². The lowest BCUT2D eigenvalue weighted by atomic mass is 9.82. The van der Waals surface area contributed by atoms with E-state index >= 15 is 0 Å². The van der Waals surface area contributed by atoms with Crippen molar-refractivity contribution >= 4 is 28.2 Å². The zero-order chi connectivity index (χ0) is 15.3. The summed E-state index contributed by atoms with van der Waals surface area (Å²) in [5.41, 5.74) is -0.346. The highest BCUT2D eigenvalue weighted by Crippen LogP contribution is 2.39. The van der Waals surface area contributed by atoms with E-state index in [9.17, 15) is 5.26 Å². The van der Waals surface area contributed by atoms with Gasteiger partial charge in [0.15, 0.2) is 4.34 Å². The number of aromatic nitrogens is 2. The molecule has 1 heterocycles. The second-order valence-corrected chi connectivity index (χ2v) is 8.21. The summed E-state index contributed by atoms with van der Waals surface area (Å²) in [4.78, 5) is 1.98. The lowest BCUT2D eigenvalue weighted by Gasteiger charge is -2.35. The molecule has 0 saturated heterocycles. The molecule has 1 aromatic heterocycles. The predicted molar refractivity (Wildman–Crippen MR) is 89.0 cm³/mol. The van der Waals surface area contributed by atoms with E-state index in [1.165, 1.54) is 0 Å². The van der Waals surface area contributed by atoms with Gasteiger partial charge in [0.2, 0.25) is 5.13 Å².